The lowest BCUT2D eigenvalue weighted by Gasteiger charge is -2.29. The Labute approximate surface area is 137 Å². The summed E-state index contributed by atoms with van der Waals surface area (Å²) in [6.45, 7) is 4.68. The van der Waals surface area contributed by atoms with E-state index in [0.29, 0.717) is 12.2 Å². The van der Waals surface area contributed by atoms with Gasteiger partial charge in [-0.15, -0.1) is 0 Å². The van der Waals surface area contributed by atoms with Gasteiger partial charge in [0.05, 0.1) is 12.2 Å². The Morgan fingerprint density at radius 2 is 1.65 bits per heavy atom. The number of para-hydroxylation sites is 1. The Hall–Kier alpha value is -2.36. The molecule has 0 heterocycles. The van der Waals surface area contributed by atoms with Crippen LogP contribution in [-0.2, 0) is 11.3 Å². The number of carbonyl (C=O) groups excluding carboxylic acids is 1. The zero-order valence-electron chi connectivity index (χ0n) is 13.9. The van der Waals surface area contributed by atoms with Gasteiger partial charge < -0.3 is 9.80 Å². The summed E-state index contributed by atoms with van der Waals surface area (Å²) in [5.74, 6) is -0.337. The first kappa shape index (κ1) is 17.0. The van der Waals surface area contributed by atoms with Crippen LogP contribution in [0.2, 0.25) is 0 Å². The number of benzene rings is 2. The quantitative estimate of drug-likeness (QED) is 0.812. The van der Waals surface area contributed by atoms with Crippen LogP contribution in [0.25, 0.3) is 0 Å². The van der Waals surface area contributed by atoms with Crippen LogP contribution in [0.1, 0.15) is 19.4 Å². The van der Waals surface area contributed by atoms with Gasteiger partial charge in [-0.2, -0.15) is 0 Å². The molecule has 2 aromatic carbocycles. The highest BCUT2D eigenvalue weighted by Gasteiger charge is 2.20. The molecule has 0 saturated carbocycles. The van der Waals surface area contributed by atoms with E-state index < -0.39 is 0 Å². The number of carbonyl (C=O) groups is 1. The number of rotatable bonds is 6. The predicted octanol–water partition coefficient (Wildman–Crippen LogP) is 3.70. The fraction of sp³-hybridized carbons (Fsp3) is 0.316. The molecular weight excluding hydrogens is 291 g/mol. The normalized spacial score (nSPS) is 10.7. The molecule has 0 aliphatic heterocycles. The maximum Gasteiger partial charge on any atom is 0.242 e. The van der Waals surface area contributed by atoms with Gasteiger partial charge in [0.25, 0.3) is 0 Å². The molecule has 122 valence electrons. The minimum Gasteiger partial charge on any atom is -0.363 e. The van der Waals surface area contributed by atoms with Crippen molar-refractivity contribution in [3.8, 4) is 0 Å². The van der Waals surface area contributed by atoms with E-state index in [0.717, 1.165) is 5.56 Å². The smallest absolute Gasteiger partial charge is 0.242 e. The fourth-order valence-electron chi connectivity index (χ4n) is 2.48. The molecule has 0 radical (unpaired) electrons. The topological polar surface area (TPSA) is 23.6 Å². The third-order valence-electron chi connectivity index (χ3n) is 3.78. The fourth-order valence-corrected chi connectivity index (χ4v) is 2.48. The Morgan fingerprint density at radius 3 is 2.26 bits per heavy atom. The average Bonchev–Trinajstić information content (AvgIpc) is 2.53. The molecule has 0 spiro atoms. The number of halogens is 1. The largest absolute Gasteiger partial charge is 0.363 e. The highest BCUT2D eigenvalue weighted by atomic mass is 19.1. The van der Waals surface area contributed by atoms with Gasteiger partial charge in [0.15, 0.2) is 0 Å². The maximum absolute atomic E-state index is 13.8. The first-order chi connectivity index (χ1) is 11.0. The molecule has 3 nitrogen and oxygen atoms in total. The van der Waals surface area contributed by atoms with E-state index in [1.54, 1.807) is 30.1 Å². The molecular formula is C19H23FN2O. The van der Waals surface area contributed by atoms with Gasteiger partial charge in [-0.3, -0.25) is 4.79 Å². The summed E-state index contributed by atoms with van der Waals surface area (Å²) >= 11 is 0. The molecule has 0 aliphatic carbocycles. The summed E-state index contributed by atoms with van der Waals surface area (Å²) in [5.41, 5.74) is 1.52. The number of nitrogens with zero attached hydrogens (tertiary/aromatic N) is 2. The molecule has 0 bridgehead atoms. The lowest BCUT2D eigenvalue weighted by Crippen LogP contribution is -2.42. The number of anilines is 1. The Kier molecular flexibility index (Phi) is 5.74. The summed E-state index contributed by atoms with van der Waals surface area (Å²) in [7, 11) is 1.73. The van der Waals surface area contributed by atoms with Crippen molar-refractivity contribution in [2.45, 2.75) is 26.4 Å². The molecule has 4 heteroatoms. The molecule has 0 unspecified atom stereocenters. The van der Waals surface area contributed by atoms with Crippen molar-refractivity contribution in [3.63, 3.8) is 0 Å². The van der Waals surface area contributed by atoms with Crippen LogP contribution in [0.4, 0.5) is 10.1 Å². The Bertz CT molecular complexity index is 643. The van der Waals surface area contributed by atoms with E-state index >= 15 is 0 Å². The van der Waals surface area contributed by atoms with E-state index in [9.17, 15) is 9.18 Å². The molecule has 23 heavy (non-hydrogen) atoms. The summed E-state index contributed by atoms with van der Waals surface area (Å²) in [6, 6.07) is 16.5. The first-order valence-electron chi connectivity index (χ1n) is 7.78. The minimum atomic E-state index is -0.318. The predicted molar refractivity (Wildman–Crippen MR) is 91.8 cm³/mol. The number of amides is 1. The third kappa shape index (κ3) is 4.55. The van der Waals surface area contributed by atoms with Gasteiger partial charge in [0.2, 0.25) is 5.91 Å². The van der Waals surface area contributed by atoms with Gasteiger partial charge in [-0.05, 0) is 31.5 Å². The van der Waals surface area contributed by atoms with Crippen molar-refractivity contribution in [2.24, 2.45) is 0 Å². The molecule has 2 rings (SSSR count). The van der Waals surface area contributed by atoms with E-state index in [1.807, 2.05) is 49.1 Å². The van der Waals surface area contributed by atoms with Crippen LogP contribution in [-0.4, -0.2) is 30.4 Å². The minimum absolute atomic E-state index is 0.0189. The van der Waals surface area contributed by atoms with Crippen molar-refractivity contribution < 1.29 is 9.18 Å². The number of hydrogen-bond acceptors (Lipinski definition) is 2. The van der Waals surface area contributed by atoms with Crippen LogP contribution >= 0.6 is 0 Å². The van der Waals surface area contributed by atoms with Crippen LogP contribution in [0.15, 0.2) is 54.6 Å². The standard InChI is InChI=1S/C19H23FN2O/c1-15(2)22(13-16-9-5-4-6-10-16)19(23)14-21(3)18-12-8-7-11-17(18)20/h4-12,15H,13-14H2,1-3H3. The van der Waals surface area contributed by atoms with Gasteiger partial charge in [0, 0.05) is 19.6 Å². The monoisotopic (exact) mass is 314 g/mol. The second-order valence-corrected chi connectivity index (χ2v) is 5.91. The summed E-state index contributed by atoms with van der Waals surface area (Å²) in [4.78, 5) is 16.1. The Morgan fingerprint density at radius 1 is 1.04 bits per heavy atom. The summed E-state index contributed by atoms with van der Waals surface area (Å²) in [6.07, 6.45) is 0. The van der Waals surface area contributed by atoms with Gasteiger partial charge in [0.1, 0.15) is 5.82 Å². The van der Waals surface area contributed by atoms with Gasteiger partial charge >= 0.3 is 0 Å². The molecule has 0 atom stereocenters. The molecule has 0 N–H and O–H groups in total. The van der Waals surface area contributed by atoms with Crippen molar-refractivity contribution in [3.05, 3.63) is 66.0 Å². The lowest BCUT2D eigenvalue weighted by molar-refractivity contribution is -0.132. The number of likely N-dealkylation sites (N-methyl/N-ethyl adjacent to an activating group) is 1. The highest BCUT2D eigenvalue weighted by Crippen LogP contribution is 2.17. The highest BCUT2D eigenvalue weighted by molar-refractivity contribution is 5.81. The second-order valence-electron chi connectivity index (χ2n) is 5.91. The zero-order valence-corrected chi connectivity index (χ0v) is 13.9. The SMILES string of the molecule is CC(C)N(Cc1ccccc1)C(=O)CN(C)c1ccccc1F. The van der Waals surface area contributed by atoms with Crippen molar-refractivity contribution in [2.75, 3.05) is 18.5 Å². The number of hydrogen-bond donors (Lipinski definition) is 0. The average molecular weight is 314 g/mol. The van der Waals surface area contributed by atoms with Crippen molar-refractivity contribution in [1.82, 2.24) is 4.90 Å². The van der Waals surface area contributed by atoms with Gasteiger partial charge in [-0.25, -0.2) is 4.39 Å². The van der Waals surface area contributed by atoms with Crippen LogP contribution in [0.3, 0.4) is 0 Å². The van der Waals surface area contributed by atoms with Crippen molar-refractivity contribution in [1.29, 1.82) is 0 Å². The third-order valence-corrected chi connectivity index (χ3v) is 3.78. The molecule has 0 aliphatic rings. The molecule has 0 aromatic heterocycles. The maximum atomic E-state index is 13.8. The summed E-state index contributed by atoms with van der Waals surface area (Å²) in [5, 5.41) is 0. The second kappa shape index (κ2) is 7.77. The molecule has 0 saturated heterocycles. The van der Waals surface area contributed by atoms with Crippen LogP contribution in [0.5, 0.6) is 0 Å². The summed E-state index contributed by atoms with van der Waals surface area (Å²) < 4.78 is 13.8. The molecule has 1 amide bonds. The van der Waals surface area contributed by atoms with Crippen LogP contribution < -0.4 is 4.90 Å². The lowest BCUT2D eigenvalue weighted by atomic mass is 10.2. The van der Waals surface area contributed by atoms with Gasteiger partial charge in [-0.1, -0.05) is 42.5 Å². The van der Waals surface area contributed by atoms with E-state index in [4.69, 9.17) is 0 Å². The molecule has 0 fully saturated rings. The van der Waals surface area contributed by atoms with E-state index in [1.165, 1.54) is 6.07 Å². The van der Waals surface area contributed by atoms with Crippen molar-refractivity contribution >= 4 is 11.6 Å². The van der Waals surface area contributed by atoms with Crippen LogP contribution in [0, 0.1) is 5.82 Å². The van der Waals surface area contributed by atoms with E-state index in [-0.39, 0.29) is 24.3 Å². The first-order valence-corrected chi connectivity index (χ1v) is 7.78. The zero-order chi connectivity index (χ0) is 16.8. The van der Waals surface area contributed by atoms with E-state index in [2.05, 4.69) is 0 Å². The molecule has 2 aromatic rings. The Balaban J connectivity index is 2.08.